The van der Waals surface area contributed by atoms with Crippen molar-refractivity contribution in [3.8, 4) is 11.3 Å². The molecule has 1 aliphatic rings. The van der Waals surface area contributed by atoms with Crippen LogP contribution in [0.3, 0.4) is 0 Å². The standard InChI is InChI=1S/C23H29N5/c1-3-17-6-5-9-20(15-17)21-10-11-22(28-24)23(27-21)26-16-19-8-4-7-18(14-19)12-13-25-2/h5-7,9-15,25,28H,3-4,8,16,24H2,1-2H3,(H,26,27)/b13-12-. The van der Waals surface area contributed by atoms with Crippen molar-refractivity contribution in [3.05, 3.63) is 77.5 Å². The molecule has 5 nitrogen and oxygen atoms in total. The zero-order valence-corrected chi connectivity index (χ0v) is 16.6. The molecular formula is C23H29N5. The summed E-state index contributed by atoms with van der Waals surface area (Å²) in [5.74, 6) is 6.47. The third-order valence-corrected chi connectivity index (χ3v) is 4.82. The third kappa shape index (κ3) is 5.02. The van der Waals surface area contributed by atoms with Crippen molar-refractivity contribution >= 4 is 11.5 Å². The summed E-state index contributed by atoms with van der Waals surface area (Å²) in [6.45, 7) is 2.90. The number of nitrogens with one attached hydrogen (secondary N) is 3. The van der Waals surface area contributed by atoms with E-state index >= 15 is 0 Å². The fourth-order valence-electron chi connectivity index (χ4n) is 3.25. The highest BCUT2D eigenvalue weighted by molar-refractivity contribution is 5.71. The Morgan fingerprint density at radius 2 is 2.11 bits per heavy atom. The molecule has 0 fully saturated rings. The van der Waals surface area contributed by atoms with Crippen LogP contribution in [0.5, 0.6) is 0 Å². The molecule has 1 aromatic heterocycles. The summed E-state index contributed by atoms with van der Waals surface area (Å²) < 4.78 is 0. The van der Waals surface area contributed by atoms with Gasteiger partial charge >= 0.3 is 0 Å². The lowest BCUT2D eigenvalue weighted by Gasteiger charge is -2.16. The van der Waals surface area contributed by atoms with Crippen molar-refractivity contribution in [1.29, 1.82) is 0 Å². The zero-order valence-electron chi connectivity index (χ0n) is 16.6. The van der Waals surface area contributed by atoms with Gasteiger partial charge in [0, 0.05) is 19.2 Å². The van der Waals surface area contributed by atoms with E-state index in [-0.39, 0.29) is 0 Å². The van der Waals surface area contributed by atoms with Gasteiger partial charge in [0.2, 0.25) is 0 Å². The van der Waals surface area contributed by atoms with E-state index in [1.807, 2.05) is 25.4 Å². The van der Waals surface area contributed by atoms with Crippen LogP contribution in [0, 0.1) is 0 Å². The fraction of sp³-hybridized carbons (Fsp3) is 0.261. The van der Waals surface area contributed by atoms with Gasteiger partial charge in [-0.1, -0.05) is 42.8 Å². The number of allylic oxidation sites excluding steroid dienone is 4. The lowest BCUT2D eigenvalue weighted by atomic mass is 9.99. The van der Waals surface area contributed by atoms with Crippen molar-refractivity contribution in [1.82, 2.24) is 10.3 Å². The molecule has 1 aliphatic carbocycles. The molecule has 0 aliphatic heterocycles. The quantitative estimate of drug-likeness (QED) is 0.407. The molecule has 3 rings (SSSR count). The number of hydrogen-bond donors (Lipinski definition) is 4. The summed E-state index contributed by atoms with van der Waals surface area (Å²) in [6, 6.07) is 12.5. The largest absolute Gasteiger partial charge is 0.394 e. The summed E-state index contributed by atoms with van der Waals surface area (Å²) in [4.78, 5) is 4.82. The van der Waals surface area contributed by atoms with Gasteiger partial charge in [0.25, 0.3) is 0 Å². The monoisotopic (exact) mass is 375 g/mol. The summed E-state index contributed by atoms with van der Waals surface area (Å²) in [6.07, 6.45) is 11.6. The average molecular weight is 376 g/mol. The first kappa shape index (κ1) is 19.7. The van der Waals surface area contributed by atoms with Gasteiger partial charge < -0.3 is 16.1 Å². The second-order valence-electron chi connectivity index (χ2n) is 6.81. The van der Waals surface area contributed by atoms with E-state index in [9.17, 15) is 0 Å². The van der Waals surface area contributed by atoms with Gasteiger partial charge in [0.05, 0.1) is 11.4 Å². The van der Waals surface area contributed by atoms with Gasteiger partial charge in [0.1, 0.15) is 0 Å². The van der Waals surface area contributed by atoms with Gasteiger partial charge in [-0.05, 0) is 60.9 Å². The van der Waals surface area contributed by atoms with E-state index in [1.165, 1.54) is 16.7 Å². The number of aryl methyl sites for hydroxylation is 1. The van der Waals surface area contributed by atoms with Gasteiger partial charge in [0.15, 0.2) is 5.82 Å². The van der Waals surface area contributed by atoms with Crippen LogP contribution in [0.4, 0.5) is 11.5 Å². The number of nitrogens with zero attached hydrogens (tertiary/aromatic N) is 1. The van der Waals surface area contributed by atoms with E-state index in [0.717, 1.165) is 48.6 Å². The third-order valence-electron chi connectivity index (χ3n) is 4.82. The van der Waals surface area contributed by atoms with Crippen LogP contribution in [-0.2, 0) is 6.42 Å². The Balaban J connectivity index is 1.78. The van der Waals surface area contributed by atoms with Crippen LogP contribution in [0.25, 0.3) is 11.3 Å². The molecule has 0 unspecified atom stereocenters. The minimum atomic E-state index is 0.741. The molecule has 0 radical (unpaired) electrons. The number of hydrogen-bond acceptors (Lipinski definition) is 5. The molecule has 1 heterocycles. The Morgan fingerprint density at radius 3 is 2.89 bits per heavy atom. The number of aromatic nitrogens is 1. The van der Waals surface area contributed by atoms with Gasteiger partial charge in [-0.15, -0.1) is 0 Å². The Kier molecular flexibility index (Phi) is 6.87. The van der Waals surface area contributed by atoms with E-state index in [1.54, 1.807) is 0 Å². The molecule has 28 heavy (non-hydrogen) atoms. The highest BCUT2D eigenvalue weighted by atomic mass is 15.2. The molecule has 5 heteroatoms. The number of hydrazine groups is 1. The molecule has 0 amide bonds. The van der Waals surface area contributed by atoms with Gasteiger partial charge in [-0.2, -0.15) is 0 Å². The second kappa shape index (κ2) is 9.76. The first-order valence-corrected chi connectivity index (χ1v) is 9.77. The zero-order chi connectivity index (χ0) is 19.8. The van der Waals surface area contributed by atoms with Gasteiger partial charge in [-0.25, -0.2) is 4.98 Å². The summed E-state index contributed by atoms with van der Waals surface area (Å²) in [7, 11) is 1.91. The van der Waals surface area contributed by atoms with Crippen LogP contribution in [0.2, 0.25) is 0 Å². The number of nitrogens with two attached hydrogens (primary N) is 1. The molecule has 5 N–H and O–H groups in total. The summed E-state index contributed by atoms with van der Waals surface area (Å²) >= 11 is 0. The van der Waals surface area contributed by atoms with Crippen molar-refractivity contribution in [2.75, 3.05) is 24.3 Å². The summed E-state index contributed by atoms with van der Waals surface area (Å²) in [5, 5.41) is 6.49. The van der Waals surface area contributed by atoms with Crippen LogP contribution in [-0.4, -0.2) is 18.6 Å². The highest BCUT2D eigenvalue weighted by Crippen LogP contribution is 2.26. The topological polar surface area (TPSA) is 75.0 Å². The Labute approximate surface area is 167 Å². The number of nitrogen functional groups attached to an aromatic ring is 1. The van der Waals surface area contributed by atoms with E-state index in [2.05, 4.69) is 65.5 Å². The minimum Gasteiger partial charge on any atom is -0.394 e. The Bertz CT molecular complexity index is 896. The maximum Gasteiger partial charge on any atom is 0.151 e. The lowest BCUT2D eigenvalue weighted by Crippen LogP contribution is -2.14. The van der Waals surface area contributed by atoms with Crippen LogP contribution >= 0.6 is 0 Å². The molecule has 0 spiro atoms. The van der Waals surface area contributed by atoms with Crippen LogP contribution in [0.1, 0.15) is 25.3 Å². The van der Waals surface area contributed by atoms with E-state index in [0.29, 0.717) is 0 Å². The first-order chi connectivity index (χ1) is 13.7. The average Bonchev–Trinajstić information content (AvgIpc) is 2.76. The summed E-state index contributed by atoms with van der Waals surface area (Å²) in [5.41, 5.74) is 9.47. The maximum atomic E-state index is 5.70. The van der Waals surface area contributed by atoms with Crippen molar-refractivity contribution in [2.24, 2.45) is 5.84 Å². The molecular weight excluding hydrogens is 346 g/mol. The Morgan fingerprint density at radius 1 is 1.21 bits per heavy atom. The molecule has 0 saturated heterocycles. The smallest absolute Gasteiger partial charge is 0.151 e. The number of rotatable bonds is 8. The second-order valence-corrected chi connectivity index (χ2v) is 6.81. The molecule has 146 valence electrons. The van der Waals surface area contributed by atoms with Crippen molar-refractivity contribution in [3.63, 3.8) is 0 Å². The predicted molar refractivity (Wildman–Crippen MR) is 119 cm³/mol. The highest BCUT2D eigenvalue weighted by Gasteiger charge is 2.09. The molecule has 0 saturated carbocycles. The molecule has 0 bridgehead atoms. The SMILES string of the molecule is CCc1cccc(-c2ccc(NN)c(NCC3=CC(/C=C\NC)=CCC3)n2)c1. The van der Waals surface area contributed by atoms with Crippen molar-refractivity contribution in [2.45, 2.75) is 26.2 Å². The van der Waals surface area contributed by atoms with Crippen LogP contribution in [0.15, 0.2) is 72.0 Å². The van der Waals surface area contributed by atoms with Crippen molar-refractivity contribution < 1.29 is 0 Å². The fourth-order valence-corrected chi connectivity index (χ4v) is 3.25. The van der Waals surface area contributed by atoms with Crippen LogP contribution < -0.4 is 21.9 Å². The predicted octanol–water partition coefficient (Wildman–Crippen LogP) is 4.39. The first-order valence-electron chi connectivity index (χ1n) is 9.77. The number of benzene rings is 1. The molecule has 0 atom stereocenters. The lowest BCUT2D eigenvalue weighted by molar-refractivity contribution is 0.921. The maximum absolute atomic E-state index is 5.70. The van der Waals surface area contributed by atoms with E-state index in [4.69, 9.17) is 10.8 Å². The molecule has 2 aromatic rings. The van der Waals surface area contributed by atoms with Gasteiger partial charge in [-0.3, -0.25) is 5.84 Å². The normalized spacial score (nSPS) is 13.8. The number of pyridine rings is 1. The molecule has 1 aromatic carbocycles. The number of anilines is 2. The van der Waals surface area contributed by atoms with E-state index < -0.39 is 0 Å². The minimum absolute atomic E-state index is 0.741. The Hall–Kier alpha value is -3.05.